The van der Waals surface area contributed by atoms with E-state index < -0.39 is 5.60 Å². The summed E-state index contributed by atoms with van der Waals surface area (Å²) in [5.41, 5.74) is -0.603. The fourth-order valence-electron chi connectivity index (χ4n) is 2.22. The van der Waals surface area contributed by atoms with E-state index in [1.54, 1.807) is 31.2 Å². The molecule has 0 aliphatic heterocycles. The average Bonchev–Trinajstić information content (AvgIpc) is 2.90. The molecule has 4 nitrogen and oxygen atoms in total. The van der Waals surface area contributed by atoms with E-state index in [-0.39, 0.29) is 18.6 Å². The van der Waals surface area contributed by atoms with Gasteiger partial charge in [-0.15, -0.1) is 0 Å². The van der Waals surface area contributed by atoms with Gasteiger partial charge in [0.15, 0.2) is 0 Å². The molecule has 1 aromatic carbocycles. The third-order valence-electron chi connectivity index (χ3n) is 3.39. The van der Waals surface area contributed by atoms with Crippen molar-refractivity contribution in [2.24, 2.45) is 0 Å². The molecule has 3 N–H and O–H groups in total. The Morgan fingerprint density at radius 3 is 2.70 bits per heavy atom. The topological polar surface area (TPSA) is 61.4 Å². The molecule has 2 amide bonds. The molecule has 1 aliphatic carbocycles. The second-order valence-corrected chi connectivity index (χ2v) is 5.63. The van der Waals surface area contributed by atoms with Gasteiger partial charge in [-0.1, -0.05) is 42.0 Å². The van der Waals surface area contributed by atoms with Crippen LogP contribution < -0.4 is 10.6 Å². The predicted octanol–water partition coefficient (Wildman–Crippen LogP) is 2.57. The zero-order valence-corrected chi connectivity index (χ0v) is 12.2. The van der Waals surface area contributed by atoms with Crippen molar-refractivity contribution in [2.45, 2.75) is 31.4 Å². The second kappa shape index (κ2) is 6.29. The van der Waals surface area contributed by atoms with Crippen molar-refractivity contribution in [3.8, 4) is 0 Å². The Morgan fingerprint density at radius 2 is 2.05 bits per heavy atom. The monoisotopic (exact) mass is 294 g/mol. The molecule has 0 saturated carbocycles. The van der Waals surface area contributed by atoms with E-state index in [2.05, 4.69) is 10.6 Å². The number of hydrogen-bond acceptors (Lipinski definition) is 2. The molecule has 20 heavy (non-hydrogen) atoms. The quantitative estimate of drug-likeness (QED) is 0.748. The molecule has 0 bridgehead atoms. The summed E-state index contributed by atoms with van der Waals surface area (Å²) in [7, 11) is 0. The van der Waals surface area contributed by atoms with Gasteiger partial charge in [-0.3, -0.25) is 0 Å². The third kappa shape index (κ3) is 3.74. The van der Waals surface area contributed by atoms with E-state index in [1.165, 1.54) is 0 Å². The maximum Gasteiger partial charge on any atom is 0.315 e. The van der Waals surface area contributed by atoms with E-state index >= 15 is 0 Å². The molecule has 0 saturated heterocycles. The second-order valence-electron chi connectivity index (χ2n) is 5.22. The highest BCUT2D eigenvalue weighted by Gasteiger charge is 2.26. The van der Waals surface area contributed by atoms with Gasteiger partial charge in [0.05, 0.1) is 6.54 Å². The zero-order valence-electron chi connectivity index (χ0n) is 11.4. The van der Waals surface area contributed by atoms with Gasteiger partial charge >= 0.3 is 6.03 Å². The normalized spacial score (nSPS) is 17.8. The lowest BCUT2D eigenvalue weighted by Crippen LogP contribution is -2.46. The fourth-order valence-corrected chi connectivity index (χ4v) is 2.56. The van der Waals surface area contributed by atoms with Gasteiger partial charge in [0.25, 0.3) is 0 Å². The van der Waals surface area contributed by atoms with E-state index in [4.69, 9.17) is 11.6 Å². The van der Waals surface area contributed by atoms with Crippen LogP contribution in [0, 0.1) is 0 Å². The summed E-state index contributed by atoms with van der Waals surface area (Å²) in [5, 5.41) is 16.5. The molecule has 0 fully saturated rings. The SMILES string of the molecule is C[C@](O)(CNC(=O)NC1CC=CC1)c1ccccc1Cl. The minimum absolute atomic E-state index is 0.0999. The third-order valence-corrected chi connectivity index (χ3v) is 3.72. The number of hydrogen-bond donors (Lipinski definition) is 3. The Balaban J connectivity index is 1.88. The molecule has 108 valence electrons. The number of aliphatic hydroxyl groups is 1. The highest BCUT2D eigenvalue weighted by molar-refractivity contribution is 6.31. The molecular weight excluding hydrogens is 276 g/mol. The first-order chi connectivity index (χ1) is 9.49. The maximum absolute atomic E-state index is 11.8. The molecule has 1 atom stereocenters. The minimum atomic E-state index is -1.20. The van der Waals surface area contributed by atoms with E-state index in [0.29, 0.717) is 10.6 Å². The number of carbonyl (C=O) groups excluding carboxylic acids is 1. The maximum atomic E-state index is 11.8. The van der Waals surface area contributed by atoms with Crippen molar-refractivity contribution in [1.82, 2.24) is 10.6 Å². The molecule has 0 radical (unpaired) electrons. The number of benzene rings is 1. The lowest BCUT2D eigenvalue weighted by atomic mass is 9.96. The lowest BCUT2D eigenvalue weighted by molar-refractivity contribution is 0.0594. The number of nitrogens with one attached hydrogen (secondary N) is 2. The van der Waals surface area contributed by atoms with E-state index in [1.807, 2.05) is 12.2 Å². The van der Waals surface area contributed by atoms with Crippen LogP contribution in [0.3, 0.4) is 0 Å². The highest BCUT2D eigenvalue weighted by atomic mass is 35.5. The summed E-state index contributed by atoms with van der Waals surface area (Å²) in [5.74, 6) is 0. The van der Waals surface area contributed by atoms with Crippen LogP contribution >= 0.6 is 11.6 Å². The lowest BCUT2D eigenvalue weighted by Gasteiger charge is -2.25. The Morgan fingerprint density at radius 1 is 1.40 bits per heavy atom. The molecule has 1 aromatic rings. The first-order valence-electron chi connectivity index (χ1n) is 6.66. The van der Waals surface area contributed by atoms with Gasteiger partial charge in [-0.05, 0) is 25.8 Å². The summed E-state index contributed by atoms with van der Waals surface area (Å²) in [6.07, 6.45) is 5.80. The van der Waals surface area contributed by atoms with Crippen LogP contribution in [0.4, 0.5) is 4.79 Å². The Hall–Kier alpha value is -1.52. The van der Waals surface area contributed by atoms with E-state index in [9.17, 15) is 9.90 Å². The van der Waals surface area contributed by atoms with Crippen molar-refractivity contribution in [1.29, 1.82) is 0 Å². The van der Waals surface area contributed by atoms with Crippen LogP contribution in [0.25, 0.3) is 0 Å². The largest absolute Gasteiger partial charge is 0.384 e. The minimum Gasteiger partial charge on any atom is -0.384 e. The number of urea groups is 1. The fraction of sp³-hybridized carbons (Fsp3) is 0.400. The molecule has 0 unspecified atom stereocenters. The number of rotatable bonds is 4. The Labute approximate surface area is 123 Å². The molecule has 0 aromatic heterocycles. The first-order valence-corrected chi connectivity index (χ1v) is 7.03. The van der Waals surface area contributed by atoms with Crippen molar-refractivity contribution in [2.75, 3.05) is 6.54 Å². The number of halogens is 1. The molecule has 2 rings (SSSR count). The van der Waals surface area contributed by atoms with E-state index in [0.717, 1.165) is 12.8 Å². The number of amides is 2. The van der Waals surface area contributed by atoms with Gasteiger partial charge < -0.3 is 15.7 Å². The summed E-state index contributed by atoms with van der Waals surface area (Å²) in [6, 6.07) is 6.96. The van der Waals surface area contributed by atoms with Crippen molar-refractivity contribution in [3.63, 3.8) is 0 Å². The van der Waals surface area contributed by atoms with Crippen LogP contribution in [0.1, 0.15) is 25.3 Å². The number of carbonyl (C=O) groups is 1. The molecule has 0 heterocycles. The van der Waals surface area contributed by atoms with Crippen LogP contribution in [0.5, 0.6) is 0 Å². The Bertz CT molecular complexity index is 506. The zero-order chi connectivity index (χ0) is 14.6. The van der Waals surface area contributed by atoms with Gasteiger partial charge in [-0.25, -0.2) is 4.79 Å². The highest BCUT2D eigenvalue weighted by Crippen LogP contribution is 2.27. The Kier molecular flexibility index (Phi) is 4.68. The summed E-state index contributed by atoms with van der Waals surface area (Å²) in [6.45, 7) is 1.73. The summed E-state index contributed by atoms with van der Waals surface area (Å²) in [4.78, 5) is 11.8. The van der Waals surface area contributed by atoms with Gasteiger partial charge in [0, 0.05) is 16.6 Å². The van der Waals surface area contributed by atoms with Gasteiger partial charge in [0.1, 0.15) is 5.60 Å². The van der Waals surface area contributed by atoms with Crippen LogP contribution in [0.15, 0.2) is 36.4 Å². The van der Waals surface area contributed by atoms with Crippen molar-refractivity contribution < 1.29 is 9.90 Å². The average molecular weight is 295 g/mol. The van der Waals surface area contributed by atoms with Crippen LogP contribution in [-0.4, -0.2) is 23.7 Å². The van der Waals surface area contributed by atoms with Gasteiger partial charge in [-0.2, -0.15) is 0 Å². The van der Waals surface area contributed by atoms with Crippen LogP contribution in [0.2, 0.25) is 5.02 Å². The summed E-state index contributed by atoms with van der Waals surface area (Å²) < 4.78 is 0. The molecule has 1 aliphatic rings. The molecule has 0 spiro atoms. The van der Waals surface area contributed by atoms with Crippen molar-refractivity contribution in [3.05, 3.63) is 47.0 Å². The van der Waals surface area contributed by atoms with Crippen LogP contribution in [-0.2, 0) is 5.60 Å². The van der Waals surface area contributed by atoms with Gasteiger partial charge in [0.2, 0.25) is 0 Å². The van der Waals surface area contributed by atoms with Crippen molar-refractivity contribution >= 4 is 17.6 Å². The predicted molar refractivity (Wildman–Crippen MR) is 79.7 cm³/mol. The summed E-state index contributed by atoms with van der Waals surface area (Å²) >= 11 is 6.06. The molecular formula is C15H19ClN2O2. The standard InChI is InChI=1S/C15H19ClN2O2/c1-15(20,12-8-4-5-9-13(12)16)10-17-14(19)18-11-6-2-3-7-11/h2-5,8-9,11,20H,6-7,10H2,1H3,(H2,17,18,19)/t15-/m0/s1. The smallest absolute Gasteiger partial charge is 0.315 e. The first kappa shape index (κ1) is 14.9. The molecule has 5 heteroatoms.